The first-order chi connectivity index (χ1) is 5.94. The summed E-state index contributed by atoms with van der Waals surface area (Å²) in [5.41, 5.74) is 2.48. The van der Waals surface area contributed by atoms with Crippen molar-refractivity contribution in [3.05, 3.63) is 23.3 Å². The van der Waals surface area contributed by atoms with E-state index >= 15 is 0 Å². The Morgan fingerprint density at radius 2 is 1.77 bits per heavy atom. The number of hydrogen-bond acceptors (Lipinski definition) is 1. The van der Waals surface area contributed by atoms with Crippen molar-refractivity contribution in [2.45, 2.75) is 41.0 Å². The highest BCUT2D eigenvalue weighted by Crippen LogP contribution is 2.28. The van der Waals surface area contributed by atoms with Crippen LogP contribution in [-0.4, -0.2) is 6.21 Å². The highest BCUT2D eigenvalue weighted by atomic mass is 14.4. The Bertz CT molecular complexity index is 228. The lowest BCUT2D eigenvalue weighted by Crippen LogP contribution is -2.13. The van der Waals surface area contributed by atoms with Gasteiger partial charge in [-0.05, 0) is 31.3 Å². The van der Waals surface area contributed by atoms with Crippen LogP contribution in [0.2, 0.25) is 0 Å². The molecule has 0 amide bonds. The molecule has 0 bridgehead atoms. The SMILES string of the molecule is CCC(C)(C)/C(C=N)=C/C=C(C)C. The van der Waals surface area contributed by atoms with Crippen LogP contribution >= 0.6 is 0 Å². The predicted molar refractivity (Wildman–Crippen MR) is 60.4 cm³/mol. The first kappa shape index (κ1) is 12.2. The quantitative estimate of drug-likeness (QED) is 0.499. The Morgan fingerprint density at radius 3 is 2.08 bits per heavy atom. The maximum atomic E-state index is 7.34. The van der Waals surface area contributed by atoms with Crippen molar-refractivity contribution in [1.82, 2.24) is 0 Å². The summed E-state index contributed by atoms with van der Waals surface area (Å²) in [5, 5.41) is 7.34. The van der Waals surface area contributed by atoms with Gasteiger partial charge in [0, 0.05) is 6.21 Å². The van der Waals surface area contributed by atoms with Gasteiger partial charge in [-0.3, -0.25) is 0 Å². The molecule has 1 N–H and O–H groups in total. The van der Waals surface area contributed by atoms with Gasteiger partial charge in [0.1, 0.15) is 0 Å². The van der Waals surface area contributed by atoms with Crippen LogP contribution in [0.25, 0.3) is 0 Å². The first-order valence-electron chi connectivity index (χ1n) is 4.80. The molecule has 0 saturated carbocycles. The van der Waals surface area contributed by atoms with Gasteiger partial charge in [-0.2, -0.15) is 0 Å². The molecule has 0 aliphatic heterocycles. The van der Waals surface area contributed by atoms with Crippen LogP contribution in [0.15, 0.2) is 23.3 Å². The molecule has 0 rings (SSSR count). The molecule has 0 aromatic heterocycles. The Morgan fingerprint density at radius 1 is 1.23 bits per heavy atom. The van der Waals surface area contributed by atoms with E-state index in [0.29, 0.717) is 0 Å². The lowest BCUT2D eigenvalue weighted by atomic mass is 9.82. The molecule has 0 unspecified atom stereocenters. The fourth-order valence-electron chi connectivity index (χ4n) is 0.930. The second-order valence-electron chi connectivity index (χ2n) is 4.25. The van der Waals surface area contributed by atoms with Crippen LogP contribution in [0.5, 0.6) is 0 Å². The number of hydrogen-bond donors (Lipinski definition) is 1. The zero-order valence-electron chi connectivity index (χ0n) is 9.44. The molecule has 0 saturated heterocycles. The smallest absolute Gasteiger partial charge is 0.0215 e. The summed E-state index contributed by atoms with van der Waals surface area (Å²) < 4.78 is 0. The monoisotopic (exact) mass is 179 g/mol. The molecule has 0 atom stereocenters. The summed E-state index contributed by atoms with van der Waals surface area (Å²) >= 11 is 0. The van der Waals surface area contributed by atoms with Gasteiger partial charge in [0.15, 0.2) is 0 Å². The van der Waals surface area contributed by atoms with E-state index in [1.165, 1.54) is 11.8 Å². The van der Waals surface area contributed by atoms with E-state index in [1.807, 2.05) is 6.08 Å². The van der Waals surface area contributed by atoms with E-state index in [1.54, 1.807) is 0 Å². The number of allylic oxidation sites excluding steroid dienone is 4. The largest absolute Gasteiger partial charge is 0.308 e. The Labute approximate surface area is 82.1 Å². The van der Waals surface area contributed by atoms with Crippen LogP contribution < -0.4 is 0 Å². The lowest BCUT2D eigenvalue weighted by molar-refractivity contribution is 0.447. The fourth-order valence-corrected chi connectivity index (χ4v) is 0.930. The molecule has 1 nitrogen and oxygen atoms in total. The third kappa shape index (κ3) is 4.07. The molecule has 0 aliphatic rings. The van der Waals surface area contributed by atoms with Crippen molar-refractivity contribution in [3.8, 4) is 0 Å². The summed E-state index contributed by atoms with van der Waals surface area (Å²) in [5.74, 6) is 0. The third-order valence-electron chi connectivity index (χ3n) is 2.42. The minimum Gasteiger partial charge on any atom is -0.308 e. The van der Waals surface area contributed by atoms with Gasteiger partial charge in [0.25, 0.3) is 0 Å². The van der Waals surface area contributed by atoms with Crippen LogP contribution in [0.3, 0.4) is 0 Å². The van der Waals surface area contributed by atoms with Gasteiger partial charge in [0.2, 0.25) is 0 Å². The highest BCUT2D eigenvalue weighted by Gasteiger charge is 2.18. The second kappa shape index (κ2) is 5.00. The van der Waals surface area contributed by atoms with E-state index in [-0.39, 0.29) is 5.41 Å². The Kier molecular flexibility index (Phi) is 4.68. The minimum atomic E-state index is 0.119. The van der Waals surface area contributed by atoms with E-state index in [4.69, 9.17) is 5.41 Å². The van der Waals surface area contributed by atoms with E-state index in [2.05, 4.69) is 40.7 Å². The molecule has 74 valence electrons. The molecule has 0 aromatic carbocycles. The van der Waals surface area contributed by atoms with Crippen molar-refractivity contribution < 1.29 is 0 Å². The predicted octanol–water partition coefficient (Wildman–Crippen LogP) is 3.96. The van der Waals surface area contributed by atoms with Crippen molar-refractivity contribution in [2.24, 2.45) is 5.41 Å². The number of rotatable bonds is 4. The third-order valence-corrected chi connectivity index (χ3v) is 2.42. The zero-order valence-corrected chi connectivity index (χ0v) is 9.44. The van der Waals surface area contributed by atoms with Gasteiger partial charge in [-0.25, -0.2) is 0 Å². The minimum absolute atomic E-state index is 0.119. The Hall–Kier alpha value is -0.850. The normalized spacial score (nSPS) is 12.5. The molecule has 13 heavy (non-hydrogen) atoms. The molecule has 0 aliphatic carbocycles. The van der Waals surface area contributed by atoms with Gasteiger partial charge < -0.3 is 5.41 Å². The lowest BCUT2D eigenvalue weighted by Gasteiger charge is -2.23. The van der Waals surface area contributed by atoms with Crippen molar-refractivity contribution in [2.75, 3.05) is 0 Å². The first-order valence-corrected chi connectivity index (χ1v) is 4.80. The van der Waals surface area contributed by atoms with Gasteiger partial charge >= 0.3 is 0 Å². The summed E-state index contributed by atoms with van der Waals surface area (Å²) in [7, 11) is 0. The molecule has 0 heterocycles. The van der Waals surface area contributed by atoms with E-state index < -0.39 is 0 Å². The second-order valence-corrected chi connectivity index (χ2v) is 4.25. The average molecular weight is 179 g/mol. The van der Waals surface area contributed by atoms with Gasteiger partial charge in [-0.1, -0.05) is 38.5 Å². The maximum absolute atomic E-state index is 7.34. The average Bonchev–Trinajstić information content (AvgIpc) is 2.04. The number of nitrogens with one attached hydrogen (secondary N) is 1. The molecule has 0 radical (unpaired) electrons. The summed E-state index contributed by atoms with van der Waals surface area (Å²) in [6, 6.07) is 0. The Balaban J connectivity index is 4.80. The van der Waals surface area contributed by atoms with Crippen molar-refractivity contribution >= 4 is 6.21 Å². The van der Waals surface area contributed by atoms with E-state index in [0.717, 1.165) is 12.0 Å². The van der Waals surface area contributed by atoms with Crippen LogP contribution in [0, 0.1) is 10.8 Å². The molecule has 0 aromatic rings. The molecular formula is C12H21N. The molecular weight excluding hydrogens is 158 g/mol. The van der Waals surface area contributed by atoms with Crippen LogP contribution in [0.4, 0.5) is 0 Å². The van der Waals surface area contributed by atoms with Gasteiger partial charge in [0.05, 0.1) is 0 Å². The van der Waals surface area contributed by atoms with E-state index in [9.17, 15) is 0 Å². The molecule has 0 spiro atoms. The summed E-state index contributed by atoms with van der Waals surface area (Å²) in [4.78, 5) is 0. The summed E-state index contributed by atoms with van der Waals surface area (Å²) in [6.45, 7) is 10.6. The fraction of sp³-hybridized carbons (Fsp3) is 0.583. The van der Waals surface area contributed by atoms with Gasteiger partial charge in [-0.15, -0.1) is 0 Å². The summed E-state index contributed by atoms with van der Waals surface area (Å²) in [6.07, 6.45) is 6.64. The maximum Gasteiger partial charge on any atom is 0.0215 e. The van der Waals surface area contributed by atoms with Crippen molar-refractivity contribution in [3.63, 3.8) is 0 Å². The zero-order chi connectivity index (χ0) is 10.5. The highest BCUT2D eigenvalue weighted by molar-refractivity contribution is 5.78. The van der Waals surface area contributed by atoms with Crippen molar-refractivity contribution in [1.29, 1.82) is 5.41 Å². The molecule has 0 fully saturated rings. The van der Waals surface area contributed by atoms with Crippen LogP contribution in [0.1, 0.15) is 41.0 Å². The topological polar surface area (TPSA) is 23.9 Å². The van der Waals surface area contributed by atoms with Crippen LogP contribution in [-0.2, 0) is 0 Å². The standard InChI is InChI=1S/C12H21N/c1-6-12(4,5)11(9-13)8-7-10(2)3/h7-9,13H,6H2,1-5H3/b11-8+,13-9?. The molecule has 1 heteroatoms.